The van der Waals surface area contributed by atoms with Gasteiger partial charge in [-0.25, -0.2) is 4.79 Å². The van der Waals surface area contributed by atoms with Gasteiger partial charge < -0.3 is 35.2 Å². The van der Waals surface area contributed by atoms with Crippen LogP contribution in [-0.2, 0) is 32.1 Å². The molecule has 7 atom stereocenters. The molecule has 288 valence electrons. The van der Waals surface area contributed by atoms with E-state index in [0.29, 0.717) is 66.6 Å². The molecule has 2 aliphatic heterocycles. The molecule has 54 heavy (non-hydrogen) atoms. The highest BCUT2D eigenvalue weighted by Crippen LogP contribution is 2.49. The Kier molecular flexibility index (Phi) is 11.5. The van der Waals surface area contributed by atoms with E-state index in [1.165, 1.54) is 12.5 Å². The Morgan fingerprint density at radius 1 is 0.944 bits per heavy atom. The summed E-state index contributed by atoms with van der Waals surface area (Å²) in [5.41, 5.74) is 2.09. The van der Waals surface area contributed by atoms with Gasteiger partial charge in [0.15, 0.2) is 0 Å². The number of hydrogen-bond donors (Lipinski definition) is 5. The summed E-state index contributed by atoms with van der Waals surface area (Å²) in [5.74, 6) is 4.74. The molecule has 3 fully saturated rings. The maximum Gasteiger partial charge on any atom is 0.334 e. The van der Waals surface area contributed by atoms with Crippen LogP contribution in [0.5, 0.6) is 11.5 Å². The SMILES string of the molecule is C/C=C1/C[C@@H](c2cc(CO)cc(NC[C@H](O)C3CCCCC3)c2)C#C[C@H]2CC(=O)Oc3cc(O)c(cc32)C[C@H]([C@]2(O)CCC[C@@H]3CC(=O)CC[C@@H]32)OC1=O. The zero-order chi connectivity index (χ0) is 38.0. The Balaban J connectivity index is 1.27. The van der Waals surface area contributed by atoms with E-state index in [9.17, 15) is 34.8 Å². The third-order valence-corrected chi connectivity index (χ3v) is 12.8. The lowest BCUT2D eigenvalue weighted by Crippen LogP contribution is -2.57. The summed E-state index contributed by atoms with van der Waals surface area (Å²) >= 11 is 0. The summed E-state index contributed by atoms with van der Waals surface area (Å²) in [5, 5.41) is 48.5. The van der Waals surface area contributed by atoms with Crippen molar-refractivity contribution in [3.05, 3.63) is 64.2 Å². The average molecular weight is 740 g/mol. The number of rotatable bonds is 7. The fraction of sp³-hybridized carbons (Fsp3) is 0.568. The minimum Gasteiger partial charge on any atom is -0.508 e. The molecule has 2 bridgehead atoms. The van der Waals surface area contributed by atoms with Crippen LogP contribution in [0.2, 0.25) is 0 Å². The number of nitrogens with one attached hydrogen (secondary N) is 1. The number of Topliss-reactive ketones (excluding diaryl/α,β-unsaturated/α-hetero) is 1. The fourth-order valence-electron chi connectivity index (χ4n) is 9.75. The highest BCUT2D eigenvalue weighted by molar-refractivity contribution is 5.89. The van der Waals surface area contributed by atoms with Crippen molar-refractivity contribution in [3.8, 4) is 23.3 Å². The standard InChI is InChI=1S/C44H53NO9/c1-2-27-17-29(32-15-26(25-46)16-34(18-32)45-24-39(49)28-7-4-3-5-8-28)10-11-30-22-42(50)53-40-23-38(48)33(20-36(30)40)21-41(54-43(27)51)44(52)14-6-9-31-19-35(47)12-13-37(31)44/h2,15-16,18,20,23,28-31,37,39,41,45-46,48-49,52H,3-9,12-14,17,19,21-22,24-25H2,1H3/b27-2-/t29-,30-,31+,37-,39-,41+,44-/m0/s1. The van der Waals surface area contributed by atoms with Gasteiger partial charge in [0.25, 0.3) is 0 Å². The Morgan fingerprint density at radius 3 is 2.52 bits per heavy atom. The second kappa shape index (κ2) is 16.3. The number of carbonyl (C=O) groups excluding carboxylic acids is 3. The molecule has 2 heterocycles. The van der Waals surface area contributed by atoms with Crippen molar-refractivity contribution in [1.82, 2.24) is 0 Å². The first-order valence-electron chi connectivity index (χ1n) is 19.9. The van der Waals surface area contributed by atoms with Crippen LogP contribution in [0.4, 0.5) is 5.69 Å². The van der Waals surface area contributed by atoms with Crippen LogP contribution in [0, 0.1) is 29.6 Å². The Labute approximate surface area is 317 Å². The molecule has 0 unspecified atom stereocenters. The maximum atomic E-state index is 14.3. The van der Waals surface area contributed by atoms with Gasteiger partial charge in [-0.3, -0.25) is 9.59 Å². The van der Waals surface area contributed by atoms with E-state index in [0.717, 1.165) is 37.7 Å². The van der Waals surface area contributed by atoms with E-state index < -0.39 is 41.6 Å². The lowest BCUT2D eigenvalue weighted by Gasteiger charge is -2.50. The minimum absolute atomic E-state index is 0.00344. The monoisotopic (exact) mass is 739 g/mol. The molecule has 0 amide bonds. The molecule has 10 nitrogen and oxygen atoms in total. The smallest absolute Gasteiger partial charge is 0.334 e. The summed E-state index contributed by atoms with van der Waals surface area (Å²) in [4.78, 5) is 39.6. The molecule has 2 aromatic rings. The zero-order valence-corrected chi connectivity index (χ0v) is 31.1. The normalized spacial score (nSPS) is 30.3. The summed E-state index contributed by atoms with van der Waals surface area (Å²) < 4.78 is 11.9. The Bertz CT molecular complexity index is 1850. The number of aromatic hydroxyl groups is 1. The average Bonchev–Trinajstić information content (AvgIpc) is 3.17. The van der Waals surface area contributed by atoms with Crippen molar-refractivity contribution < 1.29 is 44.3 Å². The van der Waals surface area contributed by atoms with Gasteiger partial charge in [0.1, 0.15) is 29.0 Å². The van der Waals surface area contributed by atoms with Crippen molar-refractivity contribution >= 4 is 23.4 Å². The molecule has 3 aliphatic carbocycles. The molecule has 0 aromatic heterocycles. The van der Waals surface area contributed by atoms with E-state index >= 15 is 0 Å². The molecule has 5 N–H and O–H groups in total. The van der Waals surface area contributed by atoms with Crippen molar-refractivity contribution in [2.45, 2.75) is 133 Å². The number of aliphatic hydroxyl groups is 3. The lowest BCUT2D eigenvalue weighted by molar-refractivity contribution is -0.187. The number of fused-ring (bicyclic) bond motifs is 2. The number of allylic oxidation sites excluding steroid dienone is 1. The molecule has 10 heteroatoms. The topological polar surface area (TPSA) is 163 Å². The number of esters is 2. The van der Waals surface area contributed by atoms with Gasteiger partial charge in [-0.2, -0.15) is 0 Å². The third kappa shape index (κ3) is 8.10. The molecule has 2 aromatic carbocycles. The molecule has 0 spiro atoms. The van der Waals surface area contributed by atoms with E-state index in [1.807, 2.05) is 18.2 Å². The largest absolute Gasteiger partial charge is 0.508 e. The Hall–Kier alpha value is -4.17. The fourth-order valence-corrected chi connectivity index (χ4v) is 9.75. The van der Waals surface area contributed by atoms with Crippen molar-refractivity contribution in [3.63, 3.8) is 0 Å². The first-order chi connectivity index (χ1) is 26.0. The number of ketones is 1. The second-order valence-corrected chi connectivity index (χ2v) is 16.2. The van der Waals surface area contributed by atoms with Gasteiger partial charge in [-0.15, -0.1) is 0 Å². The summed E-state index contributed by atoms with van der Waals surface area (Å²) in [6.07, 6.45) is 8.93. The maximum absolute atomic E-state index is 14.3. The molecule has 5 aliphatic rings. The van der Waals surface area contributed by atoms with Crippen LogP contribution >= 0.6 is 0 Å². The van der Waals surface area contributed by atoms with Gasteiger partial charge >= 0.3 is 11.9 Å². The number of anilines is 1. The highest BCUT2D eigenvalue weighted by atomic mass is 16.6. The van der Waals surface area contributed by atoms with Crippen LogP contribution in [0.25, 0.3) is 0 Å². The molecule has 0 saturated heterocycles. The van der Waals surface area contributed by atoms with Gasteiger partial charge in [-0.05, 0) is 98.1 Å². The first kappa shape index (κ1) is 38.1. The summed E-state index contributed by atoms with van der Waals surface area (Å²) in [6, 6.07) is 8.79. The van der Waals surface area contributed by atoms with Crippen molar-refractivity contribution in [2.75, 3.05) is 11.9 Å². The van der Waals surface area contributed by atoms with E-state index in [1.54, 1.807) is 19.1 Å². The molecule has 3 saturated carbocycles. The predicted octanol–water partition coefficient (Wildman–Crippen LogP) is 6.12. The van der Waals surface area contributed by atoms with Crippen LogP contribution in [0.3, 0.4) is 0 Å². The van der Waals surface area contributed by atoms with E-state index in [4.69, 9.17) is 9.47 Å². The van der Waals surface area contributed by atoms with Gasteiger partial charge in [0.2, 0.25) is 0 Å². The van der Waals surface area contributed by atoms with Gasteiger partial charge in [0, 0.05) is 54.6 Å². The quantitative estimate of drug-likeness (QED) is 0.0968. The molecular weight excluding hydrogens is 686 g/mol. The number of cyclic esters (lactones) is 1. The number of phenols is 1. The highest BCUT2D eigenvalue weighted by Gasteiger charge is 2.53. The minimum atomic E-state index is -1.43. The van der Waals surface area contributed by atoms with Crippen LogP contribution in [-0.4, -0.2) is 62.5 Å². The summed E-state index contributed by atoms with van der Waals surface area (Å²) in [6.45, 7) is 1.89. The molecule has 7 rings (SSSR count). The van der Waals surface area contributed by atoms with Crippen molar-refractivity contribution in [2.24, 2.45) is 17.8 Å². The third-order valence-electron chi connectivity index (χ3n) is 12.8. The van der Waals surface area contributed by atoms with Crippen molar-refractivity contribution in [1.29, 1.82) is 0 Å². The number of ether oxygens (including phenoxy) is 2. The number of hydrogen-bond acceptors (Lipinski definition) is 10. The van der Waals surface area contributed by atoms with E-state index in [2.05, 4.69) is 17.2 Å². The van der Waals surface area contributed by atoms with Gasteiger partial charge in [-0.1, -0.05) is 49.7 Å². The molecule has 0 radical (unpaired) electrons. The van der Waals surface area contributed by atoms with Crippen LogP contribution in [0.15, 0.2) is 42.0 Å². The zero-order valence-electron chi connectivity index (χ0n) is 31.1. The number of aliphatic hydroxyl groups excluding tert-OH is 2. The first-order valence-corrected chi connectivity index (χ1v) is 19.9. The van der Waals surface area contributed by atoms with E-state index in [-0.39, 0.29) is 60.9 Å². The second-order valence-electron chi connectivity index (χ2n) is 16.2. The van der Waals surface area contributed by atoms with Crippen LogP contribution in [0.1, 0.15) is 124 Å². The predicted molar refractivity (Wildman–Crippen MR) is 202 cm³/mol. The number of benzene rings is 2. The van der Waals surface area contributed by atoms with Crippen LogP contribution < -0.4 is 10.1 Å². The number of phenolic OH excluding ortho intramolecular Hbond substituents is 1. The summed E-state index contributed by atoms with van der Waals surface area (Å²) in [7, 11) is 0. The molecular formula is C44H53NO9. The number of carbonyl (C=O) groups is 3. The Morgan fingerprint density at radius 2 is 1.74 bits per heavy atom. The lowest BCUT2D eigenvalue weighted by atomic mass is 9.60. The van der Waals surface area contributed by atoms with Gasteiger partial charge in [0.05, 0.1) is 25.0 Å².